The van der Waals surface area contributed by atoms with Gasteiger partial charge in [-0.2, -0.15) is 0 Å². The minimum atomic E-state index is -1.17. The Balaban J connectivity index is 2.33. The number of para-hydroxylation sites is 1. The van der Waals surface area contributed by atoms with E-state index in [1.54, 1.807) is 0 Å². The van der Waals surface area contributed by atoms with E-state index in [1.165, 1.54) is 6.92 Å². The number of unbranched alkanes of at least 4 members (excludes halogenated alkanes) is 1. The fourth-order valence-corrected chi connectivity index (χ4v) is 1.85. The van der Waals surface area contributed by atoms with E-state index in [2.05, 4.69) is 0 Å². The number of rotatable bonds is 9. The molecule has 1 unspecified atom stereocenters. The summed E-state index contributed by atoms with van der Waals surface area (Å²) in [5, 5.41) is 17.9. The Morgan fingerprint density at radius 1 is 1.35 bits per heavy atom. The van der Waals surface area contributed by atoms with Gasteiger partial charge in [0.1, 0.15) is 11.3 Å². The summed E-state index contributed by atoms with van der Waals surface area (Å²) in [4.78, 5) is 10.8. The van der Waals surface area contributed by atoms with Crippen molar-refractivity contribution in [1.82, 2.24) is 0 Å². The lowest BCUT2D eigenvalue weighted by atomic mass is 9.97. The number of ether oxygens (including phenoxy) is 1. The number of hydrogen-bond donors (Lipinski definition) is 3. The van der Waals surface area contributed by atoms with E-state index in [0.717, 1.165) is 17.7 Å². The van der Waals surface area contributed by atoms with Crippen LogP contribution >= 0.6 is 0 Å². The Morgan fingerprint density at radius 3 is 2.70 bits per heavy atom. The molecule has 0 fully saturated rings. The zero-order valence-corrected chi connectivity index (χ0v) is 11.8. The molecule has 0 aliphatic carbocycles. The number of aliphatic carboxylic acids is 1. The van der Waals surface area contributed by atoms with E-state index in [9.17, 15) is 4.79 Å². The first-order valence-corrected chi connectivity index (χ1v) is 6.81. The summed E-state index contributed by atoms with van der Waals surface area (Å²) in [5.74, 6) is -0.206. The molecule has 1 aromatic carbocycles. The van der Waals surface area contributed by atoms with Crippen molar-refractivity contribution in [3.63, 3.8) is 0 Å². The molecule has 4 N–H and O–H groups in total. The van der Waals surface area contributed by atoms with Crippen LogP contribution in [0.2, 0.25) is 0 Å². The Bertz CT molecular complexity index is 432. The first-order valence-electron chi connectivity index (χ1n) is 6.81. The van der Waals surface area contributed by atoms with Crippen LogP contribution < -0.4 is 10.5 Å². The van der Waals surface area contributed by atoms with Crippen LogP contribution in [0.1, 0.15) is 31.7 Å². The quantitative estimate of drug-likeness (QED) is 0.597. The summed E-state index contributed by atoms with van der Waals surface area (Å²) in [6.45, 7) is 2.12. The van der Waals surface area contributed by atoms with Crippen molar-refractivity contribution in [2.45, 2.75) is 38.1 Å². The van der Waals surface area contributed by atoms with Gasteiger partial charge >= 0.3 is 5.97 Å². The lowest BCUT2D eigenvalue weighted by Crippen LogP contribution is -2.44. The number of benzene rings is 1. The van der Waals surface area contributed by atoms with Crippen LogP contribution in [-0.2, 0) is 11.2 Å². The van der Waals surface area contributed by atoms with Gasteiger partial charge in [-0.3, -0.25) is 4.79 Å². The number of carboxylic acid groups (broad SMARTS) is 1. The van der Waals surface area contributed by atoms with Crippen LogP contribution in [0.3, 0.4) is 0 Å². The van der Waals surface area contributed by atoms with Crippen molar-refractivity contribution in [3.05, 3.63) is 29.8 Å². The van der Waals surface area contributed by atoms with E-state index in [-0.39, 0.29) is 6.61 Å². The third-order valence-electron chi connectivity index (χ3n) is 3.19. The highest BCUT2D eigenvalue weighted by Gasteiger charge is 2.26. The zero-order valence-electron chi connectivity index (χ0n) is 11.8. The van der Waals surface area contributed by atoms with Gasteiger partial charge < -0.3 is 20.7 Å². The van der Waals surface area contributed by atoms with E-state index >= 15 is 0 Å². The van der Waals surface area contributed by atoms with E-state index in [1.807, 2.05) is 24.3 Å². The number of hydrogen-bond acceptors (Lipinski definition) is 4. The molecule has 5 nitrogen and oxygen atoms in total. The average Bonchev–Trinajstić information content (AvgIpc) is 2.40. The monoisotopic (exact) mass is 281 g/mol. The summed E-state index contributed by atoms with van der Waals surface area (Å²) in [6, 6.07) is 7.59. The zero-order chi connectivity index (χ0) is 15.0. The van der Waals surface area contributed by atoms with Crippen molar-refractivity contribution < 1.29 is 19.7 Å². The molecule has 1 aromatic rings. The molecule has 0 aromatic heterocycles. The lowest BCUT2D eigenvalue weighted by molar-refractivity contribution is -0.142. The predicted octanol–water partition coefficient (Wildman–Crippen LogP) is 1.57. The normalized spacial score (nSPS) is 13.8. The maximum atomic E-state index is 10.8. The van der Waals surface area contributed by atoms with E-state index in [4.69, 9.17) is 20.7 Å². The lowest BCUT2D eigenvalue weighted by Gasteiger charge is -2.18. The Morgan fingerprint density at radius 2 is 2.05 bits per heavy atom. The molecule has 1 rings (SSSR count). The topological polar surface area (TPSA) is 92.8 Å². The van der Waals surface area contributed by atoms with E-state index in [0.29, 0.717) is 25.9 Å². The molecule has 0 saturated carbocycles. The fraction of sp³-hybridized carbons (Fsp3) is 0.533. The number of aliphatic hydroxyl groups excluding tert-OH is 1. The molecule has 0 bridgehead atoms. The Hall–Kier alpha value is -1.59. The van der Waals surface area contributed by atoms with Gasteiger partial charge in [0.25, 0.3) is 0 Å². The number of nitrogens with two attached hydrogens (primary N) is 1. The smallest absolute Gasteiger partial charge is 0.323 e. The van der Waals surface area contributed by atoms with Gasteiger partial charge in [-0.05, 0) is 44.2 Å². The molecule has 112 valence electrons. The molecule has 0 aliphatic heterocycles. The number of aliphatic hydroxyl groups is 1. The van der Waals surface area contributed by atoms with Crippen LogP contribution in [0.5, 0.6) is 5.75 Å². The minimum absolute atomic E-state index is 0.0878. The second-order valence-electron chi connectivity index (χ2n) is 5.11. The molecular weight excluding hydrogens is 258 g/mol. The molecule has 0 radical (unpaired) electrons. The van der Waals surface area contributed by atoms with Crippen LogP contribution in [0.4, 0.5) is 0 Å². The Kier molecular flexibility index (Phi) is 6.48. The largest absolute Gasteiger partial charge is 0.493 e. The highest BCUT2D eigenvalue weighted by Crippen LogP contribution is 2.19. The van der Waals surface area contributed by atoms with Crippen LogP contribution in [-0.4, -0.2) is 34.9 Å². The molecule has 20 heavy (non-hydrogen) atoms. The van der Waals surface area contributed by atoms with Gasteiger partial charge in [0, 0.05) is 6.61 Å². The number of carboxylic acids is 1. The maximum absolute atomic E-state index is 10.8. The third-order valence-corrected chi connectivity index (χ3v) is 3.19. The van der Waals surface area contributed by atoms with Gasteiger partial charge in [-0.15, -0.1) is 0 Å². The standard InChI is InChI=1S/C15H23NO4/c1-15(16,14(18)19)9-4-5-11-20-13-7-3-2-6-12(13)8-10-17/h2-3,6-7,17H,4-5,8-11,16H2,1H3,(H,18,19). The van der Waals surface area contributed by atoms with Gasteiger partial charge in [0.15, 0.2) is 0 Å². The minimum Gasteiger partial charge on any atom is -0.493 e. The van der Waals surface area contributed by atoms with Gasteiger partial charge in [0.05, 0.1) is 6.61 Å². The molecule has 0 aliphatic rings. The molecular formula is C15H23NO4. The third kappa shape index (κ3) is 5.19. The van der Waals surface area contributed by atoms with Gasteiger partial charge in [0.2, 0.25) is 0 Å². The van der Waals surface area contributed by atoms with Crippen LogP contribution in [0.25, 0.3) is 0 Å². The molecule has 0 spiro atoms. The fourth-order valence-electron chi connectivity index (χ4n) is 1.85. The summed E-state index contributed by atoms with van der Waals surface area (Å²) in [7, 11) is 0. The second-order valence-corrected chi connectivity index (χ2v) is 5.11. The van der Waals surface area contributed by atoms with Crippen molar-refractivity contribution in [2.24, 2.45) is 5.73 Å². The molecule has 5 heteroatoms. The van der Waals surface area contributed by atoms with E-state index < -0.39 is 11.5 Å². The van der Waals surface area contributed by atoms with Crippen molar-refractivity contribution in [2.75, 3.05) is 13.2 Å². The van der Waals surface area contributed by atoms with Gasteiger partial charge in [-0.25, -0.2) is 0 Å². The first-order chi connectivity index (χ1) is 9.47. The Labute approximate surface area is 119 Å². The van der Waals surface area contributed by atoms with Gasteiger partial charge in [-0.1, -0.05) is 18.2 Å². The van der Waals surface area contributed by atoms with Crippen molar-refractivity contribution in [1.29, 1.82) is 0 Å². The molecule has 0 heterocycles. The molecule has 1 atom stereocenters. The van der Waals surface area contributed by atoms with Crippen LogP contribution in [0, 0.1) is 0 Å². The SMILES string of the molecule is CC(N)(CCCCOc1ccccc1CCO)C(=O)O. The second kappa shape index (κ2) is 7.87. The summed E-state index contributed by atoms with van der Waals surface area (Å²) in [6.07, 6.45) is 2.43. The van der Waals surface area contributed by atoms with Crippen LogP contribution in [0.15, 0.2) is 24.3 Å². The molecule has 0 amide bonds. The highest BCUT2D eigenvalue weighted by molar-refractivity contribution is 5.77. The average molecular weight is 281 g/mol. The van der Waals surface area contributed by atoms with Crippen molar-refractivity contribution >= 4 is 5.97 Å². The summed E-state index contributed by atoms with van der Waals surface area (Å²) >= 11 is 0. The first kappa shape index (κ1) is 16.5. The summed E-state index contributed by atoms with van der Waals surface area (Å²) in [5.41, 5.74) is 5.45. The predicted molar refractivity (Wildman–Crippen MR) is 76.8 cm³/mol. The summed E-state index contributed by atoms with van der Waals surface area (Å²) < 4.78 is 5.67. The highest BCUT2D eigenvalue weighted by atomic mass is 16.5. The maximum Gasteiger partial charge on any atom is 0.323 e. The number of carbonyl (C=O) groups is 1. The molecule has 0 saturated heterocycles. The van der Waals surface area contributed by atoms with Crippen molar-refractivity contribution in [3.8, 4) is 5.75 Å².